The van der Waals surface area contributed by atoms with Crippen LogP contribution in [0, 0.1) is 15.5 Å². The van der Waals surface area contributed by atoms with Crippen molar-refractivity contribution >= 4 is 23.4 Å². The van der Waals surface area contributed by atoms with Gasteiger partial charge in [-0.3, -0.25) is 14.9 Å². The molecule has 7 nitrogen and oxygen atoms in total. The maximum absolute atomic E-state index is 12.8. The van der Waals surface area contributed by atoms with Crippen LogP contribution in [0.4, 0.5) is 11.4 Å². The molecule has 3 aromatic carbocycles. The van der Waals surface area contributed by atoms with Crippen molar-refractivity contribution in [3.05, 3.63) is 105 Å². The van der Waals surface area contributed by atoms with E-state index in [2.05, 4.69) is 4.90 Å². The Kier molecular flexibility index (Phi) is 6.60. The minimum atomic E-state index is -0.657. The zero-order chi connectivity index (χ0) is 25.2. The van der Waals surface area contributed by atoms with Crippen molar-refractivity contribution in [2.24, 2.45) is 5.41 Å². The third-order valence-corrected chi connectivity index (χ3v) is 5.90. The summed E-state index contributed by atoms with van der Waals surface area (Å²) >= 11 is 0. The second-order valence-electron chi connectivity index (χ2n) is 9.46. The molecule has 0 saturated heterocycles. The number of non-ortho nitro benzene ring substituents is 1. The molecule has 1 heterocycles. The highest BCUT2D eigenvalue weighted by atomic mass is 16.6. The SMILES string of the molecule is COc1ccc(N2CC(OC(=O)C(C)(C)C)=Cc3ccccc3C2c2ccc([N+](=O)[O-])cc2)cc1. The van der Waals surface area contributed by atoms with Crippen LogP contribution in [0.5, 0.6) is 5.75 Å². The summed E-state index contributed by atoms with van der Waals surface area (Å²) < 4.78 is 11.2. The first kappa shape index (κ1) is 24.0. The molecule has 1 unspecified atom stereocenters. The molecular weight excluding hydrogens is 444 g/mol. The van der Waals surface area contributed by atoms with Crippen LogP contribution in [0.2, 0.25) is 0 Å². The van der Waals surface area contributed by atoms with Crippen molar-refractivity contribution in [3.63, 3.8) is 0 Å². The lowest BCUT2D eigenvalue weighted by Crippen LogP contribution is -2.32. The largest absolute Gasteiger partial charge is 0.497 e. The molecule has 4 rings (SSSR count). The number of rotatable bonds is 5. The first-order chi connectivity index (χ1) is 16.7. The molecule has 0 saturated carbocycles. The smallest absolute Gasteiger partial charge is 0.316 e. The van der Waals surface area contributed by atoms with Crippen LogP contribution in [0.25, 0.3) is 6.08 Å². The fourth-order valence-electron chi connectivity index (χ4n) is 4.02. The Morgan fingerprint density at radius 3 is 2.26 bits per heavy atom. The number of ether oxygens (including phenoxy) is 2. The van der Waals surface area contributed by atoms with Gasteiger partial charge >= 0.3 is 5.97 Å². The Hall–Kier alpha value is -4.13. The van der Waals surface area contributed by atoms with Crippen molar-refractivity contribution in [1.29, 1.82) is 0 Å². The number of carbonyl (C=O) groups is 1. The van der Waals surface area contributed by atoms with E-state index in [1.807, 2.05) is 75.4 Å². The summed E-state index contributed by atoms with van der Waals surface area (Å²) in [5.74, 6) is 0.938. The van der Waals surface area contributed by atoms with Crippen molar-refractivity contribution in [3.8, 4) is 5.75 Å². The number of nitro benzene ring substituents is 1. The first-order valence-corrected chi connectivity index (χ1v) is 11.3. The molecule has 0 aliphatic carbocycles. The minimum Gasteiger partial charge on any atom is -0.497 e. The number of methoxy groups -OCH3 is 1. The van der Waals surface area contributed by atoms with E-state index >= 15 is 0 Å². The van der Waals surface area contributed by atoms with Gasteiger partial charge in [0.05, 0.1) is 30.0 Å². The number of benzene rings is 3. The highest BCUT2D eigenvalue weighted by molar-refractivity contribution is 5.78. The Morgan fingerprint density at radius 2 is 1.66 bits per heavy atom. The van der Waals surface area contributed by atoms with Gasteiger partial charge in [-0.25, -0.2) is 0 Å². The van der Waals surface area contributed by atoms with Crippen LogP contribution in [-0.4, -0.2) is 24.5 Å². The molecule has 0 radical (unpaired) electrons. The van der Waals surface area contributed by atoms with E-state index in [1.165, 1.54) is 12.1 Å². The monoisotopic (exact) mass is 472 g/mol. The number of anilines is 1. The molecule has 0 spiro atoms. The van der Waals surface area contributed by atoms with Gasteiger partial charge in [0, 0.05) is 17.8 Å². The van der Waals surface area contributed by atoms with E-state index < -0.39 is 10.3 Å². The molecule has 1 aliphatic heterocycles. The Morgan fingerprint density at radius 1 is 1.00 bits per heavy atom. The number of fused-ring (bicyclic) bond motifs is 1. The molecule has 3 aromatic rings. The molecule has 0 N–H and O–H groups in total. The molecule has 0 aromatic heterocycles. The topological polar surface area (TPSA) is 81.9 Å². The Balaban J connectivity index is 1.86. The summed E-state index contributed by atoms with van der Waals surface area (Å²) in [5, 5.41) is 11.2. The van der Waals surface area contributed by atoms with E-state index in [4.69, 9.17) is 9.47 Å². The number of carbonyl (C=O) groups excluding carboxylic acids is 1. The number of hydrogen-bond donors (Lipinski definition) is 0. The molecule has 1 atom stereocenters. The van der Waals surface area contributed by atoms with Crippen molar-refractivity contribution in [2.45, 2.75) is 26.8 Å². The number of nitrogens with zero attached hydrogens (tertiary/aromatic N) is 2. The van der Waals surface area contributed by atoms with Crippen molar-refractivity contribution < 1.29 is 19.2 Å². The van der Waals surface area contributed by atoms with Crippen LogP contribution in [0.1, 0.15) is 43.5 Å². The quantitative estimate of drug-likeness (QED) is 0.252. The van der Waals surface area contributed by atoms with Gasteiger partial charge < -0.3 is 14.4 Å². The third-order valence-electron chi connectivity index (χ3n) is 5.90. The van der Waals surface area contributed by atoms with Crippen LogP contribution < -0.4 is 9.64 Å². The van der Waals surface area contributed by atoms with E-state index in [0.717, 1.165) is 28.1 Å². The van der Waals surface area contributed by atoms with E-state index in [-0.39, 0.29) is 17.7 Å². The molecule has 0 fully saturated rings. The fourth-order valence-corrected chi connectivity index (χ4v) is 4.02. The van der Waals surface area contributed by atoms with Gasteiger partial charge in [0.15, 0.2) is 0 Å². The summed E-state index contributed by atoms with van der Waals surface area (Å²) in [6.45, 7) is 5.79. The van der Waals surface area contributed by atoms with Crippen LogP contribution >= 0.6 is 0 Å². The lowest BCUT2D eigenvalue weighted by molar-refractivity contribution is -0.384. The van der Waals surface area contributed by atoms with Gasteiger partial charge in [-0.1, -0.05) is 24.3 Å². The average molecular weight is 473 g/mol. The Bertz CT molecular complexity index is 1260. The summed E-state index contributed by atoms with van der Waals surface area (Å²) in [7, 11) is 1.61. The second kappa shape index (κ2) is 9.62. The average Bonchev–Trinajstić information content (AvgIpc) is 3.00. The highest BCUT2D eigenvalue weighted by Crippen LogP contribution is 2.39. The van der Waals surface area contributed by atoms with Crippen molar-refractivity contribution in [2.75, 3.05) is 18.6 Å². The van der Waals surface area contributed by atoms with Gasteiger partial charge in [-0.2, -0.15) is 0 Å². The zero-order valence-corrected chi connectivity index (χ0v) is 20.2. The zero-order valence-electron chi connectivity index (χ0n) is 20.2. The van der Waals surface area contributed by atoms with E-state index in [0.29, 0.717) is 12.3 Å². The van der Waals surface area contributed by atoms with Crippen molar-refractivity contribution in [1.82, 2.24) is 0 Å². The molecule has 35 heavy (non-hydrogen) atoms. The van der Waals surface area contributed by atoms with Gasteiger partial charge in [0.1, 0.15) is 11.5 Å². The number of esters is 1. The summed E-state index contributed by atoms with van der Waals surface area (Å²) in [4.78, 5) is 25.7. The Labute approximate surface area is 204 Å². The molecule has 0 amide bonds. The predicted octanol–water partition coefficient (Wildman–Crippen LogP) is 6.14. The normalized spacial score (nSPS) is 15.5. The molecule has 0 bridgehead atoms. The summed E-state index contributed by atoms with van der Waals surface area (Å²) in [6, 6.07) is 21.9. The minimum absolute atomic E-state index is 0.0320. The summed E-state index contributed by atoms with van der Waals surface area (Å²) in [6.07, 6.45) is 1.90. The molecule has 180 valence electrons. The maximum atomic E-state index is 12.8. The van der Waals surface area contributed by atoms with E-state index in [1.54, 1.807) is 19.2 Å². The van der Waals surface area contributed by atoms with Gasteiger partial charge in [0.2, 0.25) is 0 Å². The second-order valence-corrected chi connectivity index (χ2v) is 9.46. The van der Waals surface area contributed by atoms with Crippen LogP contribution in [0.3, 0.4) is 0 Å². The third kappa shape index (κ3) is 5.19. The van der Waals surface area contributed by atoms with E-state index in [9.17, 15) is 14.9 Å². The first-order valence-electron chi connectivity index (χ1n) is 11.3. The lowest BCUT2D eigenvalue weighted by atomic mass is 9.93. The van der Waals surface area contributed by atoms with Crippen LogP contribution in [0.15, 0.2) is 78.6 Å². The van der Waals surface area contributed by atoms with Gasteiger partial charge in [0.25, 0.3) is 5.69 Å². The standard InChI is InChI=1S/C28H28N2O5/c1-28(2,3)27(31)35-24-17-20-7-5-6-8-25(20)26(19-9-11-22(12-10-19)30(32)33)29(18-24)21-13-15-23(34-4)16-14-21/h5-17,26H,18H2,1-4H3. The molecule has 7 heteroatoms. The number of nitro groups is 1. The summed E-state index contributed by atoms with van der Waals surface area (Å²) in [5.41, 5.74) is 3.07. The lowest BCUT2D eigenvalue weighted by Gasteiger charge is -2.34. The van der Waals surface area contributed by atoms with Gasteiger partial charge in [-0.15, -0.1) is 0 Å². The molecule has 1 aliphatic rings. The fraction of sp³-hybridized carbons (Fsp3) is 0.250. The number of hydrogen-bond acceptors (Lipinski definition) is 6. The maximum Gasteiger partial charge on any atom is 0.316 e. The molecular formula is C28H28N2O5. The van der Waals surface area contributed by atoms with Gasteiger partial charge in [-0.05, 0) is 79.9 Å². The van der Waals surface area contributed by atoms with Crippen LogP contribution in [-0.2, 0) is 9.53 Å². The predicted molar refractivity (Wildman–Crippen MR) is 135 cm³/mol. The highest BCUT2D eigenvalue weighted by Gasteiger charge is 2.31.